The first kappa shape index (κ1) is 14.0. The molecule has 0 radical (unpaired) electrons. The van der Waals surface area contributed by atoms with Gasteiger partial charge in [-0.05, 0) is 67.2 Å². The van der Waals surface area contributed by atoms with Gasteiger partial charge in [-0.3, -0.25) is 4.90 Å². The molecular formula is C18H22N2O. The monoisotopic (exact) mass is 282 g/mol. The van der Waals surface area contributed by atoms with E-state index in [9.17, 15) is 5.11 Å². The first-order chi connectivity index (χ1) is 10.2. The fraction of sp³-hybridized carbons (Fsp3) is 0.333. The van der Waals surface area contributed by atoms with Gasteiger partial charge < -0.3 is 10.8 Å². The van der Waals surface area contributed by atoms with Crippen molar-refractivity contribution in [2.24, 2.45) is 0 Å². The number of hydrogen-bond acceptors (Lipinski definition) is 3. The molecule has 3 heteroatoms. The average molecular weight is 282 g/mol. The predicted molar refractivity (Wildman–Crippen MR) is 86.2 cm³/mol. The summed E-state index contributed by atoms with van der Waals surface area (Å²) in [6.45, 7) is 3.20. The molecule has 0 atom stereocenters. The van der Waals surface area contributed by atoms with E-state index in [4.69, 9.17) is 5.73 Å². The number of nitrogens with two attached hydrogens (primary N) is 1. The zero-order valence-electron chi connectivity index (χ0n) is 12.2. The van der Waals surface area contributed by atoms with Crippen LogP contribution in [0.3, 0.4) is 0 Å². The molecule has 2 aromatic rings. The van der Waals surface area contributed by atoms with Crippen molar-refractivity contribution < 1.29 is 5.11 Å². The quantitative estimate of drug-likeness (QED) is 0.849. The lowest BCUT2D eigenvalue weighted by Crippen LogP contribution is -2.32. The summed E-state index contributed by atoms with van der Waals surface area (Å²) in [5, 5.41) is 9.37. The van der Waals surface area contributed by atoms with Crippen molar-refractivity contribution in [3.05, 3.63) is 59.7 Å². The van der Waals surface area contributed by atoms with Crippen molar-refractivity contribution in [3.63, 3.8) is 0 Å². The van der Waals surface area contributed by atoms with Gasteiger partial charge in [0.2, 0.25) is 0 Å². The lowest BCUT2D eigenvalue weighted by molar-refractivity contribution is 0.204. The Balaban J connectivity index is 1.56. The zero-order chi connectivity index (χ0) is 14.7. The molecule has 3 rings (SSSR count). The fourth-order valence-corrected chi connectivity index (χ4v) is 3.12. The molecule has 1 heterocycles. The molecule has 0 amide bonds. The van der Waals surface area contributed by atoms with E-state index >= 15 is 0 Å². The highest BCUT2D eigenvalue weighted by molar-refractivity contribution is 5.40. The number of phenols is 1. The molecule has 0 bridgehead atoms. The van der Waals surface area contributed by atoms with Gasteiger partial charge in [0.05, 0.1) is 0 Å². The third kappa shape index (κ3) is 3.56. The van der Waals surface area contributed by atoms with Gasteiger partial charge in [-0.1, -0.05) is 24.3 Å². The predicted octanol–water partition coefficient (Wildman–Crippen LogP) is 3.35. The maximum atomic E-state index is 9.37. The van der Waals surface area contributed by atoms with Gasteiger partial charge in [0, 0.05) is 12.2 Å². The van der Waals surface area contributed by atoms with E-state index in [-0.39, 0.29) is 0 Å². The molecule has 1 aliphatic heterocycles. The van der Waals surface area contributed by atoms with Crippen LogP contribution < -0.4 is 5.73 Å². The Morgan fingerprint density at radius 2 is 1.76 bits per heavy atom. The maximum absolute atomic E-state index is 9.37. The number of nitrogen functional groups attached to an aromatic ring is 1. The van der Waals surface area contributed by atoms with Crippen LogP contribution in [0.5, 0.6) is 5.75 Å². The molecule has 3 nitrogen and oxygen atoms in total. The molecule has 0 unspecified atom stereocenters. The van der Waals surface area contributed by atoms with Gasteiger partial charge in [0.1, 0.15) is 5.75 Å². The highest BCUT2D eigenvalue weighted by atomic mass is 16.3. The Kier molecular flexibility index (Phi) is 4.11. The molecule has 1 fully saturated rings. The summed E-state index contributed by atoms with van der Waals surface area (Å²) >= 11 is 0. The lowest BCUT2D eigenvalue weighted by atomic mass is 9.89. The zero-order valence-corrected chi connectivity index (χ0v) is 12.2. The van der Waals surface area contributed by atoms with Crippen LogP contribution in [-0.4, -0.2) is 23.1 Å². The van der Waals surface area contributed by atoms with Gasteiger partial charge in [-0.2, -0.15) is 0 Å². The third-order valence-electron chi connectivity index (χ3n) is 4.31. The van der Waals surface area contributed by atoms with Crippen LogP contribution in [0, 0.1) is 0 Å². The van der Waals surface area contributed by atoms with Crippen LogP contribution in [0.1, 0.15) is 29.9 Å². The second-order valence-corrected chi connectivity index (χ2v) is 5.89. The second-order valence-electron chi connectivity index (χ2n) is 5.89. The summed E-state index contributed by atoms with van der Waals surface area (Å²) in [5.41, 5.74) is 9.31. The highest BCUT2D eigenvalue weighted by Crippen LogP contribution is 2.29. The summed E-state index contributed by atoms with van der Waals surface area (Å²) in [5.74, 6) is 0.959. The van der Waals surface area contributed by atoms with Crippen molar-refractivity contribution in [1.29, 1.82) is 0 Å². The molecule has 110 valence electrons. The smallest absolute Gasteiger partial charge is 0.115 e. The minimum Gasteiger partial charge on any atom is -0.508 e. The summed E-state index contributed by atoms with van der Waals surface area (Å²) in [7, 11) is 0. The van der Waals surface area contributed by atoms with Crippen molar-refractivity contribution in [3.8, 4) is 5.75 Å². The Bertz CT molecular complexity index is 586. The standard InChI is InChI=1S/C18H22N2O/c19-17-3-1-2-14(12-17)13-20-10-8-16(9-11-20)15-4-6-18(21)7-5-15/h1-7,12,16,21H,8-11,13,19H2. The number of benzene rings is 2. The maximum Gasteiger partial charge on any atom is 0.115 e. The van der Waals surface area contributed by atoms with Gasteiger partial charge in [0.15, 0.2) is 0 Å². The van der Waals surface area contributed by atoms with Crippen molar-refractivity contribution in [1.82, 2.24) is 4.90 Å². The molecule has 0 spiro atoms. The summed E-state index contributed by atoms with van der Waals surface area (Å²) in [6.07, 6.45) is 2.35. The molecule has 0 saturated carbocycles. The Morgan fingerprint density at radius 3 is 2.43 bits per heavy atom. The van der Waals surface area contributed by atoms with Crippen LogP contribution in [0.4, 0.5) is 5.69 Å². The van der Waals surface area contributed by atoms with E-state index < -0.39 is 0 Å². The molecule has 2 aromatic carbocycles. The molecule has 1 aliphatic rings. The van der Waals surface area contributed by atoms with E-state index in [1.54, 1.807) is 12.1 Å². The first-order valence-electron chi connectivity index (χ1n) is 7.56. The SMILES string of the molecule is Nc1cccc(CN2CCC(c3ccc(O)cc3)CC2)c1. The Morgan fingerprint density at radius 1 is 1.05 bits per heavy atom. The number of nitrogens with zero attached hydrogens (tertiary/aromatic N) is 1. The Labute approximate surface area is 126 Å². The van der Waals surface area contributed by atoms with Gasteiger partial charge in [0.25, 0.3) is 0 Å². The third-order valence-corrected chi connectivity index (χ3v) is 4.31. The van der Waals surface area contributed by atoms with Crippen LogP contribution in [0.15, 0.2) is 48.5 Å². The molecule has 0 aliphatic carbocycles. The number of piperidine rings is 1. The molecule has 1 saturated heterocycles. The molecular weight excluding hydrogens is 260 g/mol. The number of aromatic hydroxyl groups is 1. The number of anilines is 1. The molecule has 21 heavy (non-hydrogen) atoms. The van der Waals surface area contributed by atoms with Crippen LogP contribution >= 0.6 is 0 Å². The van der Waals surface area contributed by atoms with Crippen LogP contribution in [0.2, 0.25) is 0 Å². The largest absolute Gasteiger partial charge is 0.508 e. The normalized spacial score (nSPS) is 17.0. The number of phenolic OH excluding ortho intramolecular Hbond substituents is 1. The van der Waals surface area contributed by atoms with Gasteiger partial charge >= 0.3 is 0 Å². The van der Waals surface area contributed by atoms with E-state index in [1.807, 2.05) is 24.3 Å². The fourth-order valence-electron chi connectivity index (χ4n) is 3.12. The minimum atomic E-state index is 0.345. The van der Waals surface area contributed by atoms with Crippen molar-refractivity contribution in [2.45, 2.75) is 25.3 Å². The average Bonchev–Trinajstić information content (AvgIpc) is 2.49. The lowest BCUT2D eigenvalue weighted by Gasteiger charge is -2.32. The summed E-state index contributed by atoms with van der Waals surface area (Å²) in [4.78, 5) is 2.49. The van der Waals surface area contributed by atoms with Gasteiger partial charge in [-0.25, -0.2) is 0 Å². The minimum absolute atomic E-state index is 0.345. The van der Waals surface area contributed by atoms with E-state index in [1.165, 1.54) is 24.0 Å². The topological polar surface area (TPSA) is 49.5 Å². The first-order valence-corrected chi connectivity index (χ1v) is 7.56. The Hall–Kier alpha value is -2.00. The van der Waals surface area contributed by atoms with E-state index in [2.05, 4.69) is 17.0 Å². The van der Waals surface area contributed by atoms with Crippen LogP contribution in [0.25, 0.3) is 0 Å². The summed E-state index contributed by atoms with van der Waals surface area (Å²) in [6, 6.07) is 15.8. The van der Waals surface area contributed by atoms with Crippen molar-refractivity contribution in [2.75, 3.05) is 18.8 Å². The van der Waals surface area contributed by atoms with E-state index in [0.717, 1.165) is 25.3 Å². The van der Waals surface area contributed by atoms with Crippen LogP contribution in [-0.2, 0) is 6.54 Å². The number of hydrogen-bond donors (Lipinski definition) is 2. The highest BCUT2D eigenvalue weighted by Gasteiger charge is 2.20. The number of rotatable bonds is 3. The summed E-state index contributed by atoms with van der Waals surface area (Å²) < 4.78 is 0. The van der Waals surface area contributed by atoms with Gasteiger partial charge in [-0.15, -0.1) is 0 Å². The van der Waals surface area contributed by atoms with Crippen molar-refractivity contribution >= 4 is 5.69 Å². The second kappa shape index (κ2) is 6.19. The van der Waals surface area contributed by atoms with E-state index in [0.29, 0.717) is 11.7 Å². The molecule has 0 aromatic heterocycles. The number of likely N-dealkylation sites (tertiary alicyclic amines) is 1. The molecule has 3 N–H and O–H groups in total.